The summed E-state index contributed by atoms with van der Waals surface area (Å²) in [5, 5.41) is 3.56. The van der Waals surface area contributed by atoms with Crippen molar-refractivity contribution in [1.82, 2.24) is 4.31 Å². The van der Waals surface area contributed by atoms with Crippen LogP contribution < -0.4 is 5.32 Å². The van der Waals surface area contributed by atoms with E-state index in [9.17, 15) is 13.2 Å². The molecule has 0 aromatic heterocycles. The van der Waals surface area contributed by atoms with Crippen LogP contribution >= 0.6 is 23.4 Å². The molecule has 5 nitrogen and oxygen atoms in total. The molecule has 1 amide bonds. The van der Waals surface area contributed by atoms with E-state index in [1.807, 2.05) is 25.3 Å². The van der Waals surface area contributed by atoms with E-state index in [-0.39, 0.29) is 11.8 Å². The normalized spacial score (nSPS) is 16.1. The molecule has 150 valence electrons. The van der Waals surface area contributed by atoms with Gasteiger partial charge >= 0.3 is 0 Å². The third-order valence-corrected chi connectivity index (χ3v) is 7.86. The predicted molar refractivity (Wildman–Crippen MR) is 115 cm³/mol. The lowest BCUT2D eigenvalue weighted by Gasteiger charge is -2.30. The van der Waals surface area contributed by atoms with Gasteiger partial charge in [-0.3, -0.25) is 4.79 Å². The summed E-state index contributed by atoms with van der Waals surface area (Å²) in [5.74, 6) is -0.285. The summed E-state index contributed by atoms with van der Waals surface area (Å²) >= 11 is 7.52. The Morgan fingerprint density at radius 3 is 2.36 bits per heavy atom. The van der Waals surface area contributed by atoms with Gasteiger partial charge in [-0.25, -0.2) is 8.42 Å². The third-order valence-electron chi connectivity index (χ3n) is 4.97. The number of hydrogen-bond donors (Lipinski definition) is 1. The standard InChI is InChI=1S/C20H23ClN2O3S2/c1-14-13-16(21)3-8-19(14)22-20(24)15-9-11-23(12-10-15)28(25,26)18-6-4-17(27-2)5-7-18/h3-8,13,15H,9-12H2,1-2H3,(H,22,24). The average molecular weight is 439 g/mol. The quantitative estimate of drug-likeness (QED) is 0.702. The number of halogens is 1. The van der Waals surface area contributed by atoms with Crippen molar-refractivity contribution in [2.45, 2.75) is 29.6 Å². The number of anilines is 1. The molecule has 0 radical (unpaired) electrons. The highest BCUT2D eigenvalue weighted by atomic mass is 35.5. The molecule has 1 aliphatic rings. The molecule has 2 aromatic rings. The number of rotatable bonds is 5. The molecule has 1 N–H and O–H groups in total. The van der Waals surface area contributed by atoms with Crippen LogP contribution in [0.2, 0.25) is 5.02 Å². The second-order valence-electron chi connectivity index (χ2n) is 6.80. The summed E-state index contributed by atoms with van der Waals surface area (Å²) in [6, 6.07) is 12.2. The number of thioether (sulfide) groups is 1. The van der Waals surface area contributed by atoms with Crippen molar-refractivity contribution in [3.63, 3.8) is 0 Å². The second-order valence-corrected chi connectivity index (χ2v) is 10.1. The number of nitrogens with one attached hydrogen (secondary N) is 1. The fraction of sp³-hybridized carbons (Fsp3) is 0.350. The van der Waals surface area contributed by atoms with Gasteiger partial charge in [0.2, 0.25) is 15.9 Å². The van der Waals surface area contributed by atoms with Crippen LogP contribution in [0.15, 0.2) is 52.3 Å². The summed E-state index contributed by atoms with van der Waals surface area (Å²) in [4.78, 5) is 13.9. The van der Waals surface area contributed by atoms with Gasteiger partial charge in [-0.1, -0.05) is 11.6 Å². The van der Waals surface area contributed by atoms with Gasteiger partial charge in [0.1, 0.15) is 0 Å². The number of carbonyl (C=O) groups excluding carboxylic acids is 1. The number of amides is 1. The number of benzene rings is 2. The van der Waals surface area contributed by atoms with E-state index in [4.69, 9.17) is 11.6 Å². The minimum atomic E-state index is -3.53. The zero-order valence-electron chi connectivity index (χ0n) is 15.8. The highest BCUT2D eigenvalue weighted by Crippen LogP contribution is 2.27. The van der Waals surface area contributed by atoms with E-state index in [1.165, 1.54) is 4.31 Å². The van der Waals surface area contributed by atoms with Crippen LogP contribution in [0.25, 0.3) is 0 Å². The number of piperidine rings is 1. The molecule has 1 saturated heterocycles. The van der Waals surface area contributed by atoms with Gasteiger partial charge in [0.05, 0.1) is 4.90 Å². The molecule has 0 saturated carbocycles. The molecular weight excluding hydrogens is 416 g/mol. The Morgan fingerprint density at radius 1 is 1.14 bits per heavy atom. The van der Waals surface area contributed by atoms with Crippen LogP contribution in [-0.2, 0) is 14.8 Å². The van der Waals surface area contributed by atoms with Crippen molar-refractivity contribution in [2.75, 3.05) is 24.7 Å². The number of aryl methyl sites for hydroxylation is 1. The number of hydrogen-bond acceptors (Lipinski definition) is 4. The highest BCUT2D eigenvalue weighted by molar-refractivity contribution is 7.98. The Balaban J connectivity index is 1.62. The van der Waals surface area contributed by atoms with E-state index < -0.39 is 10.0 Å². The Hall–Kier alpha value is -1.54. The maximum atomic E-state index is 12.8. The smallest absolute Gasteiger partial charge is 0.243 e. The maximum Gasteiger partial charge on any atom is 0.243 e. The zero-order valence-corrected chi connectivity index (χ0v) is 18.2. The lowest BCUT2D eigenvalue weighted by Crippen LogP contribution is -2.41. The van der Waals surface area contributed by atoms with Crippen molar-refractivity contribution in [3.05, 3.63) is 53.1 Å². The lowest BCUT2D eigenvalue weighted by atomic mass is 9.97. The molecule has 28 heavy (non-hydrogen) atoms. The van der Waals surface area contributed by atoms with Gasteiger partial charge in [0.25, 0.3) is 0 Å². The Labute approximate surface area is 175 Å². The molecule has 2 aromatic carbocycles. The van der Waals surface area contributed by atoms with Crippen LogP contribution in [0.5, 0.6) is 0 Å². The number of carbonyl (C=O) groups is 1. The van der Waals surface area contributed by atoms with Crippen molar-refractivity contribution < 1.29 is 13.2 Å². The Kier molecular flexibility index (Phi) is 6.70. The Morgan fingerprint density at radius 2 is 1.79 bits per heavy atom. The molecular formula is C20H23ClN2O3S2. The summed E-state index contributed by atoms with van der Waals surface area (Å²) in [5.41, 5.74) is 1.63. The molecule has 0 atom stereocenters. The first-order valence-electron chi connectivity index (χ1n) is 9.02. The van der Waals surface area contributed by atoms with E-state index in [0.29, 0.717) is 35.8 Å². The molecule has 0 spiro atoms. The first-order valence-corrected chi connectivity index (χ1v) is 12.1. The fourth-order valence-corrected chi connectivity index (χ4v) is 5.36. The third kappa shape index (κ3) is 4.71. The Bertz CT molecular complexity index is 954. The van der Waals surface area contributed by atoms with Gasteiger partial charge in [-0.15, -0.1) is 11.8 Å². The number of nitrogens with zero attached hydrogens (tertiary/aromatic N) is 1. The molecule has 0 bridgehead atoms. The molecule has 8 heteroatoms. The largest absolute Gasteiger partial charge is 0.326 e. The number of sulfonamides is 1. The van der Waals surface area contributed by atoms with Crippen LogP contribution in [-0.4, -0.2) is 38.0 Å². The minimum absolute atomic E-state index is 0.0770. The summed E-state index contributed by atoms with van der Waals surface area (Å²) in [6.07, 6.45) is 2.95. The fourth-order valence-electron chi connectivity index (χ4n) is 3.26. The van der Waals surface area contributed by atoms with Gasteiger partial charge < -0.3 is 5.32 Å². The lowest BCUT2D eigenvalue weighted by molar-refractivity contribution is -0.120. The monoisotopic (exact) mass is 438 g/mol. The van der Waals surface area contributed by atoms with Crippen molar-refractivity contribution >= 4 is 45.0 Å². The van der Waals surface area contributed by atoms with Crippen molar-refractivity contribution in [1.29, 1.82) is 0 Å². The molecule has 0 aliphatic carbocycles. The maximum absolute atomic E-state index is 12.8. The molecule has 3 rings (SSSR count). The van der Waals surface area contributed by atoms with Gasteiger partial charge in [-0.05, 0) is 74.0 Å². The summed E-state index contributed by atoms with van der Waals surface area (Å²) in [6.45, 7) is 2.56. The highest BCUT2D eigenvalue weighted by Gasteiger charge is 2.32. The molecule has 1 aliphatic heterocycles. The second kappa shape index (κ2) is 8.86. The van der Waals surface area contributed by atoms with E-state index in [1.54, 1.807) is 42.1 Å². The SMILES string of the molecule is CSc1ccc(S(=O)(=O)N2CCC(C(=O)Nc3ccc(Cl)cc3C)CC2)cc1. The minimum Gasteiger partial charge on any atom is -0.326 e. The van der Waals surface area contributed by atoms with Crippen LogP contribution in [0.4, 0.5) is 5.69 Å². The molecule has 1 heterocycles. The van der Waals surface area contributed by atoms with Crippen LogP contribution in [0, 0.1) is 12.8 Å². The first kappa shape index (κ1) is 21.2. The molecule has 1 fully saturated rings. The zero-order chi connectivity index (χ0) is 20.3. The van der Waals surface area contributed by atoms with Crippen molar-refractivity contribution in [2.24, 2.45) is 5.92 Å². The van der Waals surface area contributed by atoms with Crippen LogP contribution in [0.3, 0.4) is 0 Å². The van der Waals surface area contributed by atoms with E-state index in [2.05, 4.69) is 5.32 Å². The van der Waals surface area contributed by atoms with Crippen molar-refractivity contribution in [3.8, 4) is 0 Å². The predicted octanol–water partition coefficient (Wildman–Crippen LogP) is 4.41. The average Bonchev–Trinajstić information content (AvgIpc) is 2.70. The van der Waals surface area contributed by atoms with Crippen LogP contribution in [0.1, 0.15) is 18.4 Å². The first-order chi connectivity index (χ1) is 13.3. The topological polar surface area (TPSA) is 66.5 Å². The summed E-state index contributed by atoms with van der Waals surface area (Å²) < 4.78 is 27.1. The molecule has 0 unspecified atom stereocenters. The van der Waals surface area contributed by atoms with E-state index in [0.717, 1.165) is 16.1 Å². The van der Waals surface area contributed by atoms with E-state index >= 15 is 0 Å². The van der Waals surface area contributed by atoms with Gasteiger partial charge in [0, 0.05) is 34.6 Å². The van der Waals surface area contributed by atoms with Gasteiger partial charge in [0.15, 0.2) is 0 Å². The summed E-state index contributed by atoms with van der Waals surface area (Å²) in [7, 11) is -3.53. The van der Waals surface area contributed by atoms with Gasteiger partial charge in [-0.2, -0.15) is 4.31 Å².